The van der Waals surface area contributed by atoms with Gasteiger partial charge in [0.1, 0.15) is 5.82 Å². The fourth-order valence-electron chi connectivity index (χ4n) is 2.74. The van der Waals surface area contributed by atoms with Crippen molar-refractivity contribution in [2.75, 3.05) is 6.54 Å². The molecule has 21 heavy (non-hydrogen) atoms. The van der Waals surface area contributed by atoms with Crippen LogP contribution in [0.25, 0.3) is 10.9 Å². The average molecular weight is 306 g/mol. The maximum absolute atomic E-state index is 12.8. The van der Waals surface area contributed by atoms with Gasteiger partial charge in [0, 0.05) is 13.0 Å². The van der Waals surface area contributed by atoms with Gasteiger partial charge in [-0.15, -0.1) is 11.6 Å². The third-order valence-corrected chi connectivity index (χ3v) is 3.99. The van der Waals surface area contributed by atoms with E-state index >= 15 is 0 Å². The fraction of sp³-hybridized carbons (Fsp3) is 0.400. The van der Waals surface area contributed by atoms with E-state index in [2.05, 4.69) is 10.3 Å². The summed E-state index contributed by atoms with van der Waals surface area (Å²) in [5.41, 5.74) is 0.561. The van der Waals surface area contributed by atoms with Crippen molar-refractivity contribution >= 4 is 28.4 Å². The van der Waals surface area contributed by atoms with Crippen LogP contribution in [0.15, 0.2) is 29.1 Å². The second kappa shape index (κ2) is 5.48. The van der Waals surface area contributed by atoms with Crippen LogP contribution in [0.4, 0.5) is 0 Å². The molecule has 2 heterocycles. The molecule has 2 atom stereocenters. The van der Waals surface area contributed by atoms with Gasteiger partial charge in [0.25, 0.3) is 5.56 Å². The van der Waals surface area contributed by atoms with Crippen LogP contribution in [0.3, 0.4) is 0 Å². The zero-order valence-corrected chi connectivity index (χ0v) is 12.4. The monoisotopic (exact) mass is 305 g/mol. The fourth-order valence-corrected chi connectivity index (χ4v) is 2.89. The highest BCUT2D eigenvalue weighted by Crippen LogP contribution is 2.24. The first-order valence-electron chi connectivity index (χ1n) is 7.00. The van der Waals surface area contributed by atoms with Crippen LogP contribution in [0.2, 0.25) is 0 Å². The van der Waals surface area contributed by atoms with Crippen molar-refractivity contribution in [3.8, 4) is 0 Å². The van der Waals surface area contributed by atoms with Crippen LogP contribution in [-0.2, 0) is 4.79 Å². The number of alkyl halides is 1. The van der Waals surface area contributed by atoms with Crippen molar-refractivity contribution in [2.24, 2.45) is 0 Å². The summed E-state index contributed by atoms with van der Waals surface area (Å²) in [6, 6.07) is 7.16. The highest BCUT2D eigenvalue weighted by molar-refractivity contribution is 6.20. The lowest BCUT2D eigenvalue weighted by molar-refractivity contribution is -0.122. The molecule has 0 aliphatic carbocycles. The third kappa shape index (κ3) is 2.53. The van der Waals surface area contributed by atoms with Crippen LogP contribution in [0, 0.1) is 0 Å². The lowest BCUT2D eigenvalue weighted by Crippen LogP contribution is -2.41. The summed E-state index contributed by atoms with van der Waals surface area (Å²) >= 11 is 6.22. The summed E-state index contributed by atoms with van der Waals surface area (Å²) < 4.78 is 1.65. The van der Waals surface area contributed by atoms with Crippen LogP contribution < -0.4 is 10.9 Å². The summed E-state index contributed by atoms with van der Waals surface area (Å²) in [7, 11) is 0. The first kappa shape index (κ1) is 14.1. The van der Waals surface area contributed by atoms with E-state index in [-0.39, 0.29) is 22.9 Å². The second-order valence-electron chi connectivity index (χ2n) is 5.27. The number of amides is 1. The number of halogens is 1. The number of benzene rings is 1. The number of carbonyl (C=O) groups is 1. The SMILES string of the molecule is CC(Cl)c1nc2ccccc2c(=O)n1C1CCC(=O)NC1. The third-order valence-electron chi connectivity index (χ3n) is 3.80. The largest absolute Gasteiger partial charge is 0.354 e. The Morgan fingerprint density at radius 3 is 2.81 bits per heavy atom. The van der Waals surface area contributed by atoms with Gasteiger partial charge >= 0.3 is 0 Å². The molecule has 5 nitrogen and oxygen atoms in total. The molecule has 1 aromatic carbocycles. The summed E-state index contributed by atoms with van der Waals surface area (Å²) in [6.07, 6.45) is 1.04. The molecule has 0 radical (unpaired) electrons. The maximum atomic E-state index is 12.8. The molecule has 1 fully saturated rings. The summed E-state index contributed by atoms with van der Waals surface area (Å²) in [5, 5.41) is 3.01. The van der Waals surface area contributed by atoms with E-state index in [1.165, 1.54) is 0 Å². The van der Waals surface area contributed by atoms with E-state index < -0.39 is 0 Å². The minimum absolute atomic E-state index is 0.0218. The van der Waals surface area contributed by atoms with Crippen molar-refractivity contribution in [2.45, 2.75) is 31.2 Å². The highest BCUT2D eigenvalue weighted by Gasteiger charge is 2.25. The van der Waals surface area contributed by atoms with Crippen molar-refractivity contribution in [1.82, 2.24) is 14.9 Å². The molecule has 1 aliphatic heterocycles. The molecule has 2 aromatic rings. The van der Waals surface area contributed by atoms with Crippen LogP contribution in [-0.4, -0.2) is 22.0 Å². The van der Waals surface area contributed by atoms with E-state index in [1.807, 2.05) is 18.2 Å². The lowest BCUT2D eigenvalue weighted by atomic mass is 10.1. The molecule has 1 N–H and O–H groups in total. The number of nitrogens with zero attached hydrogens (tertiary/aromatic N) is 2. The number of fused-ring (bicyclic) bond motifs is 1. The topological polar surface area (TPSA) is 64.0 Å². The lowest BCUT2D eigenvalue weighted by Gasteiger charge is -2.27. The first-order chi connectivity index (χ1) is 10.1. The van der Waals surface area contributed by atoms with Gasteiger partial charge in [-0.05, 0) is 25.5 Å². The molecule has 0 bridgehead atoms. The van der Waals surface area contributed by atoms with Crippen molar-refractivity contribution in [3.05, 3.63) is 40.4 Å². The number of nitrogens with one attached hydrogen (secondary N) is 1. The molecular weight excluding hydrogens is 290 g/mol. The molecule has 3 rings (SSSR count). The molecule has 110 valence electrons. The Labute approximate surface area is 126 Å². The number of rotatable bonds is 2. The number of hydrogen-bond donors (Lipinski definition) is 1. The quantitative estimate of drug-likeness (QED) is 0.865. The van der Waals surface area contributed by atoms with Crippen molar-refractivity contribution in [3.63, 3.8) is 0 Å². The van der Waals surface area contributed by atoms with E-state index in [0.29, 0.717) is 36.1 Å². The van der Waals surface area contributed by atoms with Gasteiger partial charge in [0.15, 0.2) is 0 Å². The van der Waals surface area contributed by atoms with Gasteiger partial charge in [-0.2, -0.15) is 0 Å². The molecular formula is C15H16ClN3O2. The number of para-hydroxylation sites is 1. The minimum atomic E-state index is -0.375. The normalized spacial score (nSPS) is 20.3. The molecule has 6 heteroatoms. The molecule has 1 saturated heterocycles. The van der Waals surface area contributed by atoms with Gasteiger partial charge in [-0.1, -0.05) is 12.1 Å². The Balaban J connectivity index is 2.19. The van der Waals surface area contributed by atoms with Crippen molar-refractivity contribution in [1.29, 1.82) is 0 Å². The minimum Gasteiger partial charge on any atom is -0.354 e. The van der Waals surface area contributed by atoms with Crippen molar-refractivity contribution < 1.29 is 4.79 Å². The predicted molar refractivity (Wildman–Crippen MR) is 81.6 cm³/mol. The van der Waals surface area contributed by atoms with Crippen LogP contribution >= 0.6 is 11.6 Å². The van der Waals surface area contributed by atoms with Gasteiger partial charge in [0.2, 0.25) is 5.91 Å². The zero-order valence-electron chi connectivity index (χ0n) is 11.7. The molecule has 0 saturated carbocycles. The maximum Gasteiger partial charge on any atom is 0.261 e. The summed E-state index contributed by atoms with van der Waals surface area (Å²) in [4.78, 5) is 28.7. The molecule has 0 spiro atoms. The Hall–Kier alpha value is -1.88. The van der Waals surface area contributed by atoms with Gasteiger partial charge in [-0.3, -0.25) is 14.2 Å². The number of piperidine rings is 1. The Bertz CT molecular complexity index is 744. The molecule has 2 unspecified atom stereocenters. The van der Waals surface area contributed by atoms with E-state index in [4.69, 9.17) is 11.6 Å². The Kier molecular flexibility index (Phi) is 3.68. The number of aromatic nitrogens is 2. The van der Waals surface area contributed by atoms with E-state index in [9.17, 15) is 9.59 Å². The smallest absolute Gasteiger partial charge is 0.261 e. The highest BCUT2D eigenvalue weighted by atomic mass is 35.5. The predicted octanol–water partition coefficient (Wildman–Crippen LogP) is 2.15. The van der Waals surface area contributed by atoms with Gasteiger partial charge in [0.05, 0.1) is 22.3 Å². The number of hydrogen-bond acceptors (Lipinski definition) is 3. The van der Waals surface area contributed by atoms with Crippen LogP contribution in [0.5, 0.6) is 0 Å². The van der Waals surface area contributed by atoms with E-state index in [1.54, 1.807) is 17.6 Å². The summed E-state index contributed by atoms with van der Waals surface area (Å²) in [5.74, 6) is 0.579. The molecule has 1 aliphatic rings. The standard InChI is InChI=1S/C15H16ClN3O2/c1-9(16)14-18-12-5-3-2-4-11(12)15(21)19(14)10-6-7-13(20)17-8-10/h2-5,9-10H,6-8H2,1H3,(H,17,20). The van der Waals surface area contributed by atoms with Gasteiger partial charge in [-0.25, -0.2) is 4.98 Å². The Morgan fingerprint density at radius 2 is 2.14 bits per heavy atom. The first-order valence-corrected chi connectivity index (χ1v) is 7.43. The summed E-state index contributed by atoms with van der Waals surface area (Å²) in [6.45, 7) is 2.24. The second-order valence-corrected chi connectivity index (χ2v) is 5.93. The zero-order chi connectivity index (χ0) is 15.0. The molecule has 1 aromatic heterocycles. The van der Waals surface area contributed by atoms with Gasteiger partial charge < -0.3 is 5.32 Å². The number of carbonyl (C=O) groups excluding carboxylic acids is 1. The Morgan fingerprint density at radius 1 is 1.38 bits per heavy atom. The molecule has 1 amide bonds. The average Bonchev–Trinajstić information content (AvgIpc) is 2.48. The van der Waals surface area contributed by atoms with Crippen LogP contribution in [0.1, 0.15) is 37.0 Å². The van der Waals surface area contributed by atoms with E-state index in [0.717, 1.165) is 0 Å².